The van der Waals surface area contributed by atoms with Gasteiger partial charge in [-0.3, -0.25) is 19.7 Å². The normalized spacial score (nSPS) is 18.6. The van der Waals surface area contributed by atoms with Crippen molar-refractivity contribution in [2.24, 2.45) is 0 Å². The van der Waals surface area contributed by atoms with Crippen LogP contribution in [0.3, 0.4) is 0 Å². The number of amides is 3. The number of hydrogen-bond donors (Lipinski definition) is 1. The van der Waals surface area contributed by atoms with Gasteiger partial charge < -0.3 is 4.90 Å². The summed E-state index contributed by atoms with van der Waals surface area (Å²) in [5, 5.41) is 9.75. The van der Waals surface area contributed by atoms with E-state index in [-0.39, 0.29) is 36.8 Å². The van der Waals surface area contributed by atoms with E-state index in [1.54, 1.807) is 24.3 Å². The van der Waals surface area contributed by atoms with Crippen molar-refractivity contribution in [2.45, 2.75) is 31.4 Å². The van der Waals surface area contributed by atoms with Gasteiger partial charge in [-0.2, -0.15) is 8.78 Å². The maximum Gasteiger partial charge on any atom is 0.318 e. The summed E-state index contributed by atoms with van der Waals surface area (Å²) in [6, 6.07) is 11.5. The molecule has 0 bridgehead atoms. The summed E-state index contributed by atoms with van der Waals surface area (Å²) < 4.78 is 30.8. The van der Waals surface area contributed by atoms with E-state index >= 15 is 0 Å². The van der Waals surface area contributed by atoms with E-state index in [9.17, 15) is 23.2 Å². The number of nitrogens with zero attached hydrogens (tertiary/aromatic N) is 4. The highest BCUT2D eigenvalue weighted by Gasteiger charge is 2.40. The van der Waals surface area contributed by atoms with Crippen LogP contribution in [0.4, 0.5) is 8.78 Å². The average molecular weight is 437 g/mol. The van der Waals surface area contributed by atoms with Gasteiger partial charge in [0.05, 0.1) is 11.9 Å². The second kappa shape index (κ2) is 7.33. The van der Waals surface area contributed by atoms with E-state index in [1.807, 2.05) is 0 Å². The molecular weight excluding hydrogens is 420 g/mol. The molecule has 162 valence electrons. The van der Waals surface area contributed by atoms with Crippen LogP contribution in [0.5, 0.6) is 0 Å². The first-order chi connectivity index (χ1) is 15.3. The number of rotatable bonds is 4. The minimum atomic E-state index is -3.31. The lowest BCUT2D eigenvalue weighted by Gasteiger charge is -2.29. The first-order valence-corrected chi connectivity index (χ1v) is 9.99. The minimum absolute atomic E-state index is 0.166. The maximum atomic E-state index is 14.8. The van der Waals surface area contributed by atoms with E-state index in [0.717, 1.165) is 6.20 Å². The Bertz CT molecular complexity index is 1240. The summed E-state index contributed by atoms with van der Waals surface area (Å²) in [6.45, 7) is 0.177. The zero-order valence-electron chi connectivity index (χ0n) is 16.7. The molecule has 3 aromatic rings. The van der Waals surface area contributed by atoms with Crippen molar-refractivity contribution >= 4 is 17.7 Å². The van der Waals surface area contributed by atoms with Gasteiger partial charge in [0.1, 0.15) is 6.04 Å². The Morgan fingerprint density at radius 1 is 1.06 bits per heavy atom. The molecule has 5 rings (SSSR count). The van der Waals surface area contributed by atoms with Crippen molar-refractivity contribution in [3.05, 3.63) is 77.1 Å². The fourth-order valence-corrected chi connectivity index (χ4v) is 4.03. The lowest BCUT2D eigenvalue weighted by Crippen LogP contribution is -2.52. The predicted molar refractivity (Wildman–Crippen MR) is 107 cm³/mol. The Labute approximate surface area is 180 Å². The van der Waals surface area contributed by atoms with E-state index in [2.05, 4.69) is 15.6 Å². The fraction of sp³-hybridized carbons (Fsp3) is 0.227. The van der Waals surface area contributed by atoms with Crippen LogP contribution in [-0.4, -0.2) is 43.7 Å². The van der Waals surface area contributed by atoms with Crippen LogP contribution in [0.25, 0.3) is 5.69 Å². The van der Waals surface area contributed by atoms with Gasteiger partial charge in [0.2, 0.25) is 11.8 Å². The summed E-state index contributed by atoms with van der Waals surface area (Å²) >= 11 is 0. The van der Waals surface area contributed by atoms with Gasteiger partial charge in [0, 0.05) is 24.1 Å². The fourth-order valence-electron chi connectivity index (χ4n) is 4.03. The molecule has 1 fully saturated rings. The summed E-state index contributed by atoms with van der Waals surface area (Å²) in [5.41, 5.74) is 0.846. The first-order valence-electron chi connectivity index (χ1n) is 9.99. The van der Waals surface area contributed by atoms with Crippen LogP contribution >= 0.6 is 0 Å². The molecule has 3 heterocycles. The number of fused-ring (bicyclic) bond motifs is 1. The van der Waals surface area contributed by atoms with Gasteiger partial charge in [0.15, 0.2) is 5.69 Å². The van der Waals surface area contributed by atoms with Crippen LogP contribution < -0.4 is 5.32 Å². The van der Waals surface area contributed by atoms with Gasteiger partial charge >= 0.3 is 5.92 Å². The Hall–Kier alpha value is -3.95. The van der Waals surface area contributed by atoms with Gasteiger partial charge in [-0.15, -0.1) is 5.10 Å². The molecule has 3 amide bonds. The van der Waals surface area contributed by atoms with Gasteiger partial charge in [-0.1, -0.05) is 35.5 Å². The van der Waals surface area contributed by atoms with E-state index in [1.165, 1.54) is 33.8 Å². The largest absolute Gasteiger partial charge is 0.322 e. The molecule has 1 N–H and O–H groups in total. The molecule has 32 heavy (non-hydrogen) atoms. The SMILES string of the molecule is O=C1CCC(N2Cc3cc(-n4cc(C(F)(F)c5ccccc5)nn4)ccc3C2=O)C(=O)N1. The molecule has 0 radical (unpaired) electrons. The Kier molecular flexibility index (Phi) is 4.58. The van der Waals surface area contributed by atoms with Crippen molar-refractivity contribution in [1.82, 2.24) is 25.2 Å². The van der Waals surface area contributed by atoms with E-state index in [0.29, 0.717) is 16.8 Å². The minimum Gasteiger partial charge on any atom is -0.322 e. The number of piperidine rings is 1. The third kappa shape index (κ3) is 3.24. The van der Waals surface area contributed by atoms with Gasteiger partial charge in [-0.05, 0) is 30.2 Å². The number of alkyl halides is 2. The molecule has 10 heteroatoms. The van der Waals surface area contributed by atoms with Crippen LogP contribution in [0, 0.1) is 0 Å². The van der Waals surface area contributed by atoms with Crippen LogP contribution in [0.2, 0.25) is 0 Å². The van der Waals surface area contributed by atoms with Gasteiger partial charge in [0.25, 0.3) is 5.91 Å². The molecule has 2 aliphatic rings. The molecule has 1 aromatic heterocycles. The third-order valence-electron chi connectivity index (χ3n) is 5.72. The number of nitrogens with one attached hydrogen (secondary N) is 1. The Morgan fingerprint density at radius 2 is 1.84 bits per heavy atom. The Morgan fingerprint density at radius 3 is 2.59 bits per heavy atom. The highest BCUT2D eigenvalue weighted by Crippen LogP contribution is 2.34. The van der Waals surface area contributed by atoms with Crippen molar-refractivity contribution < 1.29 is 23.2 Å². The van der Waals surface area contributed by atoms with Crippen molar-refractivity contribution in [2.75, 3.05) is 0 Å². The van der Waals surface area contributed by atoms with Crippen molar-refractivity contribution in [3.8, 4) is 5.69 Å². The number of carbonyl (C=O) groups excluding carboxylic acids is 3. The monoisotopic (exact) mass is 437 g/mol. The highest BCUT2D eigenvalue weighted by atomic mass is 19.3. The summed E-state index contributed by atoms with van der Waals surface area (Å²) in [4.78, 5) is 37.8. The summed E-state index contributed by atoms with van der Waals surface area (Å²) in [5.74, 6) is -4.47. The highest BCUT2D eigenvalue weighted by molar-refractivity contribution is 6.05. The average Bonchev–Trinajstić information content (AvgIpc) is 3.40. The second-order valence-corrected chi connectivity index (χ2v) is 7.73. The third-order valence-corrected chi connectivity index (χ3v) is 5.72. The first kappa shape index (κ1) is 20.0. The second-order valence-electron chi connectivity index (χ2n) is 7.73. The maximum absolute atomic E-state index is 14.8. The van der Waals surface area contributed by atoms with Crippen LogP contribution in [-0.2, 0) is 22.1 Å². The van der Waals surface area contributed by atoms with Crippen LogP contribution in [0.1, 0.15) is 40.0 Å². The van der Waals surface area contributed by atoms with Gasteiger partial charge in [-0.25, -0.2) is 4.68 Å². The molecule has 2 aliphatic heterocycles. The quantitative estimate of drug-likeness (QED) is 0.631. The van der Waals surface area contributed by atoms with E-state index in [4.69, 9.17) is 0 Å². The predicted octanol–water partition coefficient (Wildman–Crippen LogP) is 2.17. The number of imide groups is 1. The zero-order valence-corrected chi connectivity index (χ0v) is 16.7. The van der Waals surface area contributed by atoms with Crippen molar-refractivity contribution in [1.29, 1.82) is 0 Å². The summed E-state index contributed by atoms with van der Waals surface area (Å²) in [6.07, 6.45) is 1.58. The zero-order chi connectivity index (χ0) is 22.5. The lowest BCUT2D eigenvalue weighted by molar-refractivity contribution is -0.136. The number of benzene rings is 2. The topological polar surface area (TPSA) is 97.2 Å². The molecule has 0 saturated carbocycles. The van der Waals surface area contributed by atoms with Crippen molar-refractivity contribution in [3.63, 3.8) is 0 Å². The molecule has 1 atom stereocenters. The van der Waals surface area contributed by atoms with E-state index < -0.39 is 23.6 Å². The lowest BCUT2D eigenvalue weighted by atomic mass is 10.0. The molecular formula is C22H17F2N5O3. The molecule has 8 nitrogen and oxygen atoms in total. The van der Waals surface area contributed by atoms with Crippen LogP contribution in [0.15, 0.2) is 54.7 Å². The number of aromatic nitrogens is 3. The number of halogens is 2. The smallest absolute Gasteiger partial charge is 0.318 e. The molecule has 1 saturated heterocycles. The summed E-state index contributed by atoms with van der Waals surface area (Å²) in [7, 11) is 0. The molecule has 0 spiro atoms. The Balaban J connectivity index is 1.41. The number of hydrogen-bond acceptors (Lipinski definition) is 5. The molecule has 2 aromatic carbocycles. The molecule has 0 aliphatic carbocycles. The standard InChI is InChI=1S/C22H17F2N5O3/c23-22(24,14-4-2-1-3-5-14)18-12-29(27-26-18)15-6-7-16-13(10-15)11-28(21(16)32)17-8-9-19(30)25-20(17)31/h1-7,10,12,17H,8-9,11H2,(H,25,30,31). The number of carbonyl (C=O) groups is 3. The molecule has 1 unspecified atom stereocenters.